The molecule has 3 aromatic rings. The van der Waals surface area contributed by atoms with Crippen molar-refractivity contribution in [2.45, 2.75) is 13.0 Å². The number of aromatic nitrogens is 1. The Kier molecular flexibility index (Phi) is 2.99. The summed E-state index contributed by atoms with van der Waals surface area (Å²) in [6.45, 7) is 2.17. The first-order chi connectivity index (χ1) is 8.84. The molecule has 1 unspecified atom stereocenters. The van der Waals surface area contributed by atoms with Crippen LogP contribution in [0.4, 0.5) is 5.69 Å². The first-order valence-corrected chi connectivity index (χ1v) is 6.86. The van der Waals surface area contributed by atoms with E-state index in [9.17, 15) is 0 Å². The summed E-state index contributed by atoms with van der Waals surface area (Å²) >= 11 is 1.77. The minimum Gasteiger partial charge on any atom is -0.376 e. The molecule has 0 bridgehead atoms. The molecule has 0 spiro atoms. The lowest BCUT2D eigenvalue weighted by Gasteiger charge is -2.15. The number of fused-ring (bicyclic) bond motifs is 1. The number of benzene rings is 1. The van der Waals surface area contributed by atoms with Crippen LogP contribution in [0.1, 0.15) is 17.8 Å². The van der Waals surface area contributed by atoms with Crippen molar-refractivity contribution < 1.29 is 0 Å². The standard InChI is InChI=1S/C15H14N2S/c1-11(14-8-4-10-18-14)17-13-7-2-5-12-6-3-9-16-15(12)13/h2-11,17H,1H3. The Balaban J connectivity index is 1.95. The van der Waals surface area contributed by atoms with E-state index in [-0.39, 0.29) is 0 Å². The molecule has 0 saturated carbocycles. The second kappa shape index (κ2) is 4.78. The van der Waals surface area contributed by atoms with Gasteiger partial charge in [0.05, 0.1) is 17.2 Å². The summed E-state index contributed by atoms with van der Waals surface area (Å²) in [5, 5.41) is 6.81. The number of rotatable bonds is 3. The lowest BCUT2D eigenvalue weighted by atomic mass is 10.1. The number of nitrogens with zero attached hydrogens (tertiary/aromatic N) is 1. The van der Waals surface area contributed by atoms with Gasteiger partial charge in [-0.15, -0.1) is 11.3 Å². The molecule has 0 amide bonds. The van der Waals surface area contributed by atoms with E-state index in [1.807, 2.05) is 12.3 Å². The average Bonchev–Trinajstić information content (AvgIpc) is 2.93. The quantitative estimate of drug-likeness (QED) is 0.746. The summed E-state index contributed by atoms with van der Waals surface area (Å²) < 4.78 is 0. The number of pyridine rings is 1. The van der Waals surface area contributed by atoms with E-state index < -0.39 is 0 Å². The number of nitrogens with one attached hydrogen (secondary N) is 1. The molecule has 0 fully saturated rings. The smallest absolute Gasteiger partial charge is 0.0933 e. The molecule has 18 heavy (non-hydrogen) atoms. The van der Waals surface area contributed by atoms with E-state index in [0.717, 1.165) is 11.2 Å². The predicted octanol–water partition coefficient (Wildman–Crippen LogP) is 4.47. The van der Waals surface area contributed by atoms with Crippen molar-refractivity contribution in [3.8, 4) is 0 Å². The Hall–Kier alpha value is -1.87. The molecule has 3 heteroatoms. The van der Waals surface area contributed by atoms with Crippen molar-refractivity contribution >= 4 is 27.9 Å². The van der Waals surface area contributed by atoms with Crippen molar-refractivity contribution in [3.05, 3.63) is 58.9 Å². The summed E-state index contributed by atoms with van der Waals surface area (Å²) in [6.07, 6.45) is 1.84. The Morgan fingerprint density at radius 1 is 1.11 bits per heavy atom. The second-order valence-electron chi connectivity index (χ2n) is 4.26. The molecular weight excluding hydrogens is 240 g/mol. The highest BCUT2D eigenvalue weighted by Crippen LogP contribution is 2.27. The molecule has 1 atom stereocenters. The summed E-state index contributed by atoms with van der Waals surface area (Å²) in [6, 6.07) is 14.8. The van der Waals surface area contributed by atoms with Crippen molar-refractivity contribution in [2.75, 3.05) is 5.32 Å². The lowest BCUT2D eigenvalue weighted by molar-refractivity contribution is 0.909. The highest BCUT2D eigenvalue weighted by Gasteiger charge is 2.08. The molecule has 1 N–H and O–H groups in total. The zero-order valence-corrected chi connectivity index (χ0v) is 10.9. The minimum atomic E-state index is 0.303. The van der Waals surface area contributed by atoms with Gasteiger partial charge in [-0.25, -0.2) is 0 Å². The number of hydrogen-bond donors (Lipinski definition) is 1. The van der Waals surface area contributed by atoms with Gasteiger partial charge in [-0.05, 0) is 30.5 Å². The lowest BCUT2D eigenvalue weighted by Crippen LogP contribution is -2.05. The zero-order valence-electron chi connectivity index (χ0n) is 10.1. The van der Waals surface area contributed by atoms with Crippen LogP contribution in [0.25, 0.3) is 10.9 Å². The van der Waals surface area contributed by atoms with Crippen LogP contribution in [-0.4, -0.2) is 4.98 Å². The van der Waals surface area contributed by atoms with Gasteiger partial charge in [0.15, 0.2) is 0 Å². The van der Waals surface area contributed by atoms with Gasteiger partial charge < -0.3 is 5.32 Å². The van der Waals surface area contributed by atoms with E-state index in [1.165, 1.54) is 10.3 Å². The van der Waals surface area contributed by atoms with Crippen LogP contribution >= 0.6 is 11.3 Å². The third-order valence-corrected chi connectivity index (χ3v) is 4.03. The summed E-state index contributed by atoms with van der Waals surface area (Å²) in [5.41, 5.74) is 2.12. The third-order valence-electron chi connectivity index (χ3n) is 2.97. The maximum atomic E-state index is 4.46. The van der Waals surface area contributed by atoms with E-state index >= 15 is 0 Å². The van der Waals surface area contributed by atoms with E-state index in [1.54, 1.807) is 11.3 Å². The highest BCUT2D eigenvalue weighted by molar-refractivity contribution is 7.10. The molecule has 3 rings (SSSR count). The molecule has 0 saturated heterocycles. The van der Waals surface area contributed by atoms with E-state index in [4.69, 9.17) is 0 Å². The Morgan fingerprint density at radius 3 is 2.83 bits per heavy atom. The maximum Gasteiger partial charge on any atom is 0.0933 e. The van der Waals surface area contributed by atoms with Crippen molar-refractivity contribution in [1.82, 2.24) is 4.98 Å². The van der Waals surface area contributed by atoms with Gasteiger partial charge in [-0.3, -0.25) is 4.98 Å². The molecule has 0 aliphatic carbocycles. The van der Waals surface area contributed by atoms with Gasteiger partial charge in [0, 0.05) is 16.5 Å². The number of anilines is 1. The van der Waals surface area contributed by atoms with Crippen molar-refractivity contribution in [3.63, 3.8) is 0 Å². The second-order valence-corrected chi connectivity index (χ2v) is 5.24. The highest BCUT2D eigenvalue weighted by atomic mass is 32.1. The molecular formula is C15H14N2S. The fraction of sp³-hybridized carbons (Fsp3) is 0.133. The van der Waals surface area contributed by atoms with Crippen LogP contribution in [0.3, 0.4) is 0 Å². The topological polar surface area (TPSA) is 24.9 Å². The first-order valence-electron chi connectivity index (χ1n) is 5.98. The fourth-order valence-electron chi connectivity index (χ4n) is 2.06. The number of thiophene rings is 1. The predicted molar refractivity (Wildman–Crippen MR) is 78.1 cm³/mol. The van der Waals surface area contributed by atoms with Crippen LogP contribution in [-0.2, 0) is 0 Å². The molecule has 0 radical (unpaired) electrons. The molecule has 0 aliphatic heterocycles. The van der Waals surface area contributed by atoms with Gasteiger partial charge in [0.2, 0.25) is 0 Å². The average molecular weight is 254 g/mol. The Labute approximate surface area is 110 Å². The summed E-state index contributed by atoms with van der Waals surface area (Å²) in [7, 11) is 0. The Morgan fingerprint density at radius 2 is 2.00 bits per heavy atom. The first kappa shape index (κ1) is 11.2. The van der Waals surface area contributed by atoms with Gasteiger partial charge >= 0.3 is 0 Å². The minimum absolute atomic E-state index is 0.303. The van der Waals surface area contributed by atoms with E-state index in [0.29, 0.717) is 6.04 Å². The zero-order chi connectivity index (χ0) is 12.4. The normalized spacial score (nSPS) is 12.5. The van der Waals surface area contributed by atoms with Crippen LogP contribution in [0.2, 0.25) is 0 Å². The third kappa shape index (κ3) is 2.09. The molecule has 2 heterocycles. The van der Waals surface area contributed by atoms with Crippen LogP contribution in [0, 0.1) is 0 Å². The summed E-state index contributed by atoms with van der Waals surface area (Å²) in [4.78, 5) is 5.79. The monoisotopic (exact) mass is 254 g/mol. The molecule has 2 nitrogen and oxygen atoms in total. The van der Waals surface area contributed by atoms with Crippen LogP contribution in [0.15, 0.2) is 54.0 Å². The van der Waals surface area contributed by atoms with E-state index in [2.05, 4.69) is 59.0 Å². The maximum absolute atomic E-state index is 4.46. The molecule has 1 aromatic carbocycles. The SMILES string of the molecule is CC(Nc1cccc2cccnc12)c1cccs1. The van der Waals surface area contributed by atoms with Gasteiger partial charge in [-0.2, -0.15) is 0 Å². The van der Waals surface area contributed by atoms with Gasteiger partial charge in [0.1, 0.15) is 0 Å². The molecule has 0 aliphatic rings. The van der Waals surface area contributed by atoms with Crippen LogP contribution < -0.4 is 5.32 Å². The molecule has 90 valence electrons. The van der Waals surface area contributed by atoms with Crippen molar-refractivity contribution in [2.24, 2.45) is 0 Å². The van der Waals surface area contributed by atoms with Crippen molar-refractivity contribution in [1.29, 1.82) is 0 Å². The largest absolute Gasteiger partial charge is 0.376 e. The van der Waals surface area contributed by atoms with Gasteiger partial charge in [0.25, 0.3) is 0 Å². The Bertz CT molecular complexity index is 641. The summed E-state index contributed by atoms with van der Waals surface area (Å²) in [5.74, 6) is 0. The fourth-order valence-corrected chi connectivity index (χ4v) is 2.80. The molecule has 2 aromatic heterocycles. The number of para-hydroxylation sites is 1. The van der Waals surface area contributed by atoms with Gasteiger partial charge in [-0.1, -0.05) is 24.3 Å². The van der Waals surface area contributed by atoms with Crippen LogP contribution in [0.5, 0.6) is 0 Å². The number of hydrogen-bond acceptors (Lipinski definition) is 3.